The molecule has 3 amide bonds. The third kappa shape index (κ3) is 5.57. The van der Waals surface area contributed by atoms with Crippen molar-refractivity contribution in [3.8, 4) is 0 Å². The average molecular weight is 469 g/mol. The maximum atomic E-state index is 12.7. The van der Waals surface area contributed by atoms with E-state index < -0.39 is 17.2 Å². The number of nitrogens with one attached hydrogen (secondary N) is 2. The van der Waals surface area contributed by atoms with Gasteiger partial charge < -0.3 is 14.6 Å². The van der Waals surface area contributed by atoms with Crippen LogP contribution in [0.1, 0.15) is 36.7 Å². The first kappa shape index (κ1) is 22.9. The van der Waals surface area contributed by atoms with Crippen molar-refractivity contribution in [2.45, 2.75) is 50.6 Å². The number of hydrogen-bond donors (Lipinski definition) is 2. The minimum absolute atomic E-state index is 0.405. The molecule has 1 fully saturated rings. The monoisotopic (exact) mass is 468 g/mol. The summed E-state index contributed by atoms with van der Waals surface area (Å²) in [5.74, 6) is 1.14. The molecule has 9 nitrogen and oxygen atoms in total. The molecule has 4 rings (SSSR count). The molecule has 174 valence electrons. The van der Waals surface area contributed by atoms with Crippen molar-refractivity contribution < 1.29 is 14.0 Å². The fourth-order valence-electron chi connectivity index (χ4n) is 3.75. The lowest BCUT2D eigenvalue weighted by molar-refractivity contribution is -0.119. The molecule has 0 radical (unpaired) electrons. The lowest BCUT2D eigenvalue weighted by Gasteiger charge is -2.18. The maximum absolute atomic E-state index is 12.7. The molecule has 1 atom stereocenters. The molecule has 0 spiro atoms. The number of amides is 3. The van der Waals surface area contributed by atoms with Crippen LogP contribution in [-0.4, -0.2) is 45.0 Å². The molecule has 0 bridgehead atoms. The highest BCUT2D eigenvalue weighted by molar-refractivity contribution is 8.00. The Kier molecular flexibility index (Phi) is 7.02. The summed E-state index contributed by atoms with van der Waals surface area (Å²) in [6.07, 6.45) is 3.86. The first-order valence-electron chi connectivity index (χ1n) is 11.0. The molecule has 33 heavy (non-hydrogen) atoms. The van der Waals surface area contributed by atoms with Crippen molar-refractivity contribution in [1.29, 1.82) is 0 Å². The Labute approximate surface area is 196 Å². The van der Waals surface area contributed by atoms with Crippen LogP contribution in [0.25, 0.3) is 0 Å². The van der Waals surface area contributed by atoms with E-state index in [4.69, 9.17) is 4.42 Å². The van der Waals surface area contributed by atoms with E-state index in [9.17, 15) is 9.59 Å². The summed E-state index contributed by atoms with van der Waals surface area (Å²) in [5, 5.41) is 13.9. The van der Waals surface area contributed by atoms with E-state index in [0.717, 1.165) is 48.8 Å². The summed E-state index contributed by atoms with van der Waals surface area (Å²) >= 11 is 1.26. The minimum atomic E-state index is -0.561. The summed E-state index contributed by atoms with van der Waals surface area (Å²) in [6, 6.07) is 8.88. The number of thioether (sulfide) groups is 1. The average Bonchev–Trinajstić information content (AvgIpc) is 3.53. The van der Waals surface area contributed by atoms with Gasteiger partial charge in [0, 0.05) is 18.8 Å². The molecule has 1 aromatic carbocycles. The maximum Gasteiger partial charge on any atom is 0.325 e. The van der Waals surface area contributed by atoms with Crippen molar-refractivity contribution in [2.24, 2.45) is 0 Å². The summed E-state index contributed by atoms with van der Waals surface area (Å²) < 4.78 is 7.49. The Balaban J connectivity index is 1.43. The molecule has 0 aliphatic carbocycles. The zero-order chi connectivity index (χ0) is 23.4. The number of carbonyl (C=O) groups is 2. The van der Waals surface area contributed by atoms with Gasteiger partial charge in [-0.2, -0.15) is 0 Å². The van der Waals surface area contributed by atoms with Crippen LogP contribution in [0.15, 0.2) is 46.2 Å². The first-order valence-corrected chi connectivity index (χ1v) is 11.8. The van der Waals surface area contributed by atoms with Gasteiger partial charge in [-0.1, -0.05) is 29.5 Å². The SMILES string of the molecule is Cc1ccc(NC(=O)NC(=O)C(C)Sc2nnc(N3CCCC3)n2Cc2ccco2)c(C)c1. The molecule has 3 heterocycles. The zero-order valence-corrected chi connectivity index (χ0v) is 19.8. The highest BCUT2D eigenvalue weighted by Gasteiger charge is 2.25. The van der Waals surface area contributed by atoms with E-state index in [1.54, 1.807) is 13.2 Å². The van der Waals surface area contributed by atoms with Crippen LogP contribution in [0.4, 0.5) is 16.4 Å². The summed E-state index contributed by atoms with van der Waals surface area (Å²) in [7, 11) is 0. The summed E-state index contributed by atoms with van der Waals surface area (Å²) in [5.41, 5.74) is 2.70. The van der Waals surface area contributed by atoms with Crippen LogP contribution >= 0.6 is 11.8 Å². The Hall–Kier alpha value is -3.27. The summed E-state index contributed by atoms with van der Waals surface area (Å²) in [6.45, 7) is 7.96. The molecule has 1 aliphatic heterocycles. The smallest absolute Gasteiger partial charge is 0.325 e. The number of aromatic nitrogens is 3. The van der Waals surface area contributed by atoms with E-state index in [0.29, 0.717) is 17.4 Å². The van der Waals surface area contributed by atoms with Crippen LogP contribution in [0.3, 0.4) is 0 Å². The number of imide groups is 1. The molecule has 1 saturated heterocycles. The van der Waals surface area contributed by atoms with Crippen molar-refractivity contribution in [1.82, 2.24) is 20.1 Å². The van der Waals surface area contributed by atoms with E-state index in [1.807, 2.05) is 48.7 Å². The van der Waals surface area contributed by atoms with Crippen molar-refractivity contribution in [2.75, 3.05) is 23.3 Å². The van der Waals surface area contributed by atoms with Gasteiger partial charge in [-0.25, -0.2) is 4.79 Å². The van der Waals surface area contributed by atoms with Gasteiger partial charge in [0.2, 0.25) is 11.9 Å². The second-order valence-electron chi connectivity index (χ2n) is 8.16. The third-order valence-electron chi connectivity index (χ3n) is 5.50. The predicted octanol–water partition coefficient (Wildman–Crippen LogP) is 3.97. The molecule has 10 heteroatoms. The number of hydrogen-bond acceptors (Lipinski definition) is 7. The number of rotatable bonds is 7. The first-order chi connectivity index (χ1) is 15.9. The van der Waals surface area contributed by atoms with Crippen LogP contribution in [0.5, 0.6) is 0 Å². The van der Waals surface area contributed by atoms with Crippen LogP contribution in [0, 0.1) is 13.8 Å². The number of nitrogens with zero attached hydrogens (tertiary/aromatic N) is 4. The number of anilines is 2. The van der Waals surface area contributed by atoms with Crippen LogP contribution in [0.2, 0.25) is 0 Å². The van der Waals surface area contributed by atoms with Gasteiger partial charge in [-0.05, 0) is 57.4 Å². The van der Waals surface area contributed by atoms with Gasteiger partial charge in [0.15, 0.2) is 5.16 Å². The molecule has 1 aliphatic rings. The Morgan fingerprint density at radius 2 is 1.97 bits per heavy atom. The van der Waals surface area contributed by atoms with E-state index >= 15 is 0 Å². The fourth-order valence-corrected chi connectivity index (χ4v) is 4.59. The normalized spacial score (nSPS) is 14.3. The fraction of sp³-hybridized carbons (Fsp3) is 0.391. The molecular formula is C23H28N6O3S. The van der Waals surface area contributed by atoms with Crippen molar-refractivity contribution in [3.05, 3.63) is 53.5 Å². The largest absolute Gasteiger partial charge is 0.467 e. The quantitative estimate of drug-likeness (QED) is 0.506. The molecule has 2 aromatic heterocycles. The highest BCUT2D eigenvalue weighted by Crippen LogP contribution is 2.28. The second-order valence-corrected chi connectivity index (χ2v) is 9.47. The van der Waals surface area contributed by atoms with Gasteiger partial charge in [-0.15, -0.1) is 10.2 Å². The Morgan fingerprint density at radius 3 is 2.67 bits per heavy atom. The van der Waals surface area contributed by atoms with Gasteiger partial charge in [-0.3, -0.25) is 14.7 Å². The van der Waals surface area contributed by atoms with Crippen molar-refractivity contribution >= 4 is 35.3 Å². The van der Waals surface area contributed by atoms with Gasteiger partial charge >= 0.3 is 6.03 Å². The number of urea groups is 1. The Morgan fingerprint density at radius 1 is 1.18 bits per heavy atom. The second kappa shape index (κ2) is 10.1. The lowest BCUT2D eigenvalue weighted by atomic mass is 10.1. The number of carbonyl (C=O) groups excluding carboxylic acids is 2. The minimum Gasteiger partial charge on any atom is -0.467 e. The molecule has 2 N–H and O–H groups in total. The molecular weight excluding hydrogens is 440 g/mol. The number of furan rings is 1. The van der Waals surface area contributed by atoms with Crippen LogP contribution in [-0.2, 0) is 11.3 Å². The lowest BCUT2D eigenvalue weighted by Crippen LogP contribution is -2.39. The van der Waals surface area contributed by atoms with Gasteiger partial charge in [0.25, 0.3) is 0 Å². The third-order valence-corrected chi connectivity index (χ3v) is 6.58. The predicted molar refractivity (Wildman–Crippen MR) is 128 cm³/mol. The van der Waals surface area contributed by atoms with Gasteiger partial charge in [0.1, 0.15) is 5.76 Å². The molecule has 0 saturated carbocycles. The van der Waals surface area contributed by atoms with Gasteiger partial charge in [0.05, 0.1) is 18.1 Å². The summed E-state index contributed by atoms with van der Waals surface area (Å²) in [4.78, 5) is 27.3. The molecule has 1 unspecified atom stereocenters. The Bertz CT molecular complexity index is 1120. The highest BCUT2D eigenvalue weighted by atomic mass is 32.2. The molecule has 3 aromatic rings. The van der Waals surface area contributed by atoms with E-state index in [2.05, 4.69) is 25.7 Å². The van der Waals surface area contributed by atoms with Crippen LogP contribution < -0.4 is 15.5 Å². The van der Waals surface area contributed by atoms with E-state index in [1.165, 1.54) is 11.8 Å². The number of benzene rings is 1. The topological polar surface area (TPSA) is 105 Å². The van der Waals surface area contributed by atoms with E-state index in [-0.39, 0.29) is 0 Å². The standard InChI is InChI=1S/C23H28N6O3S/c1-15-8-9-19(16(2)13-15)24-21(31)25-20(30)17(3)33-23-27-26-22(28-10-4-5-11-28)29(23)14-18-7-6-12-32-18/h6-9,12-13,17H,4-5,10-11,14H2,1-3H3,(H2,24,25,30,31). The van der Waals surface area contributed by atoms with Crippen molar-refractivity contribution in [3.63, 3.8) is 0 Å². The number of aryl methyl sites for hydroxylation is 2. The zero-order valence-electron chi connectivity index (χ0n) is 19.0.